The number of hydrogen-bond acceptors (Lipinski definition) is 4. The van der Waals surface area contributed by atoms with Crippen molar-refractivity contribution in [1.82, 2.24) is 15.1 Å². The molecular formula is C14H20N4O2. The molecule has 0 spiro atoms. The van der Waals surface area contributed by atoms with Gasteiger partial charge >= 0.3 is 0 Å². The molecule has 0 radical (unpaired) electrons. The van der Waals surface area contributed by atoms with E-state index >= 15 is 0 Å². The third-order valence-electron chi connectivity index (χ3n) is 3.39. The number of aryl methyl sites for hydroxylation is 1. The maximum atomic E-state index is 12.0. The van der Waals surface area contributed by atoms with Gasteiger partial charge in [0.25, 0.3) is 5.56 Å². The zero-order valence-corrected chi connectivity index (χ0v) is 12.4. The topological polar surface area (TPSA) is 87.8 Å². The number of rotatable bonds is 5. The van der Waals surface area contributed by atoms with Gasteiger partial charge in [0, 0.05) is 6.04 Å². The van der Waals surface area contributed by atoms with Crippen molar-refractivity contribution < 1.29 is 4.79 Å². The average molecular weight is 276 g/mol. The van der Waals surface area contributed by atoms with Crippen molar-refractivity contribution in [2.45, 2.75) is 53.1 Å². The van der Waals surface area contributed by atoms with Crippen LogP contribution < -0.4 is 10.9 Å². The van der Waals surface area contributed by atoms with Gasteiger partial charge in [-0.25, -0.2) is 4.68 Å². The van der Waals surface area contributed by atoms with E-state index in [0.717, 1.165) is 17.5 Å². The molecule has 1 aromatic heterocycles. The molecule has 0 atom stereocenters. The van der Waals surface area contributed by atoms with E-state index in [-0.39, 0.29) is 24.1 Å². The predicted molar refractivity (Wildman–Crippen MR) is 75.2 cm³/mol. The summed E-state index contributed by atoms with van der Waals surface area (Å²) >= 11 is 0. The zero-order valence-electron chi connectivity index (χ0n) is 12.4. The minimum absolute atomic E-state index is 0.0489. The monoisotopic (exact) mass is 276 g/mol. The summed E-state index contributed by atoms with van der Waals surface area (Å²) in [6.45, 7) is 7.21. The fourth-order valence-electron chi connectivity index (χ4n) is 1.91. The standard InChI is InChI=1S/C14H20N4O2/c1-5-11(6-2)16-13(19)8-18-14(20)12(7-15)9(3)10(4)17-18/h11H,5-6,8H2,1-4H3,(H,16,19). The van der Waals surface area contributed by atoms with Crippen LogP contribution in [0.5, 0.6) is 0 Å². The number of hydrogen-bond donors (Lipinski definition) is 1. The lowest BCUT2D eigenvalue weighted by Crippen LogP contribution is -2.39. The Kier molecular flexibility index (Phi) is 5.44. The Morgan fingerprint density at radius 2 is 2.00 bits per heavy atom. The van der Waals surface area contributed by atoms with Gasteiger partial charge in [0.2, 0.25) is 5.91 Å². The van der Waals surface area contributed by atoms with E-state index in [4.69, 9.17) is 5.26 Å². The van der Waals surface area contributed by atoms with Crippen LogP contribution in [0.1, 0.15) is 43.5 Å². The average Bonchev–Trinajstić information content (AvgIpc) is 2.42. The molecule has 0 saturated heterocycles. The van der Waals surface area contributed by atoms with Crippen molar-refractivity contribution in [3.05, 3.63) is 27.2 Å². The van der Waals surface area contributed by atoms with Crippen LogP contribution in [-0.2, 0) is 11.3 Å². The molecule has 1 aromatic rings. The first-order chi connectivity index (χ1) is 9.44. The van der Waals surface area contributed by atoms with E-state index in [9.17, 15) is 9.59 Å². The second kappa shape index (κ2) is 6.85. The van der Waals surface area contributed by atoms with Crippen molar-refractivity contribution in [3.8, 4) is 6.07 Å². The molecule has 6 heteroatoms. The van der Waals surface area contributed by atoms with Gasteiger partial charge in [0.05, 0.1) is 5.69 Å². The molecule has 0 aliphatic carbocycles. The van der Waals surface area contributed by atoms with Crippen molar-refractivity contribution in [3.63, 3.8) is 0 Å². The summed E-state index contributed by atoms with van der Waals surface area (Å²) in [5.41, 5.74) is 0.675. The van der Waals surface area contributed by atoms with Crippen LogP contribution in [0.15, 0.2) is 4.79 Å². The third kappa shape index (κ3) is 3.44. The highest BCUT2D eigenvalue weighted by atomic mass is 16.2. The summed E-state index contributed by atoms with van der Waals surface area (Å²) in [7, 11) is 0. The van der Waals surface area contributed by atoms with Crippen LogP contribution in [0, 0.1) is 25.2 Å². The van der Waals surface area contributed by atoms with E-state index in [1.807, 2.05) is 19.9 Å². The highest BCUT2D eigenvalue weighted by Gasteiger charge is 2.15. The SMILES string of the molecule is CCC(CC)NC(=O)Cn1nc(C)c(C)c(C#N)c1=O. The highest BCUT2D eigenvalue weighted by molar-refractivity contribution is 5.75. The van der Waals surface area contributed by atoms with Crippen LogP contribution >= 0.6 is 0 Å². The minimum atomic E-state index is -0.518. The number of aromatic nitrogens is 2. The van der Waals surface area contributed by atoms with E-state index in [1.165, 1.54) is 0 Å². The molecule has 1 rings (SSSR count). The summed E-state index contributed by atoms with van der Waals surface area (Å²) < 4.78 is 1.05. The quantitative estimate of drug-likeness (QED) is 0.870. The Morgan fingerprint density at radius 1 is 1.40 bits per heavy atom. The van der Waals surface area contributed by atoms with Crippen LogP contribution in [0.2, 0.25) is 0 Å². The smallest absolute Gasteiger partial charge is 0.285 e. The summed E-state index contributed by atoms with van der Waals surface area (Å²) in [5.74, 6) is -0.263. The molecule has 20 heavy (non-hydrogen) atoms. The van der Waals surface area contributed by atoms with Crippen LogP contribution in [0.3, 0.4) is 0 Å². The van der Waals surface area contributed by atoms with E-state index < -0.39 is 5.56 Å². The Labute approximate surface area is 118 Å². The van der Waals surface area contributed by atoms with Crippen molar-refractivity contribution in [2.75, 3.05) is 0 Å². The molecular weight excluding hydrogens is 256 g/mol. The van der Waals surface area contributed by atoms with Crippen molar-refractivity contribution in [1.29, 1.82) is 5.26 Å². The lowest BCUT2D eigenvalue weighted by atomic mass is 10.1. The number of nitrogens with zero attached hydrogens (tertiary/aromatic N) is 3. The lowest BCUT2D eigenvalue weighted by Gasteiger charge is -2.15. The van der Waals surface area contributed by atoms with Gasteiger partial charge in [-0.2, -0.15) is 10.4 Å². The Hall–Kier alpha value is -2.16. The lowest BCUT2D eigenvalue weighted by molar-refractivity contribution is -0.122. The first kappa shape index (κ1) is 15.9. The maximum absolute atomic E-state index is 12.0. The molecule has 0 saturated carbocycles. The third-order valence-corrected chi connectivity index (χ3v) is 3.39. The summed E-state index contributed by atoms with van der Waals surface area (Å²) in [4.78, 5) is 23.9. The maximum Gasteiger partial charge on any atom is 0.285 e. The minimum Gasteiger partial charge on any atom is -0.352 e. The first-order valence-corrected chi connectivity index (χ1v) is 6.72. The number of nitriles is 1. The normalized spacial score (nSPS) is 10.4. The molecule has 1 amide bonds. The Bertz CT molecular complexity index is 594. The van der Waals surface area contributed by atoms with Gasteiger partial charge in [0.15, 0.2) is 0 Å². The van der Waals surface area contributed by atoms with Crippen LogP contribution in [-0.4, -0.2) is 21.7 Å². The molecule has 0 aromatic carbocycles. The fraction of sp³-hybridized carbons (Fsp3) is 0.571. The van der Waals surface area contributed by atoms with Gasteiger partial charge in [-0.15, -0.1) is 0 Å². The number of carbonyl (C=O) groups excluding carboxylic acids is 1. The zero-order chi connectivity index (χ0) is 15.3. The number of carbonyl (C=O) groups is 1. The van der Waals surface area contributed by atoms with Gasteiger partial charge in [-0.3, -0.25) is 9.59 Å². The largest absolute Gasteiger partial charge is 0.352 e. The molecule has 0 aliphatic rings. The molecule has 6 nitrogen and oxygen atoms in total. The van der Waals surface area contributed by atoms with Crippen molar-refractivity contribution >= 4 is 5.91 Å². The van der Waals surface area contributed by atoms with E-state index in [0.29, 0.717) is 11.3 Å². The second-order valence-electron chi connectivity index (χ2n) is 4.74. The molecule has 0 aliphatic heterocycles. The first-order valence-electron chi connectivity index (χ1n) is 6.72. The summed E-state index contributed by atoms with van der Waals surface area (Å²) in [6, 6.07) is 1.97. The van der Waals surface area contributed by atoms with Gasteiger partial charge in [0.1, 0.15) is 18.2 Å². The van der Waals surface area contributed by atoms with Crippen LogP contribution in [0.4, 0.5) is 0 Å². The summed E-state index contributed by atoms with van der Waals surface area (Å²) in [5, 5.41) is 15.9. The highest BCUT2D eigenvalue weighted by Crippen LogP contribution is 2.04. The van der Waals surface area contributed by atoms with Gasteiger partial charge < -0.3 is 5.32 Å². The van der Waals surface area contributed by atoms with E-state index in [2.05, 4.69) is 10.4 Å². The van der Waals surface area contributed by atoms with Crippen molar-refractivity contribution in [2.24, 2.45) is 0 Å². The Balaban J connectivity index is 3.00. The Morgan fingerprint density at radius 3 is 2.50 bits per heavy atom. The molecule has 0 fully saturated rings. The number of amides is 1. The molecule has 0 unspecified atom stereocenters. The van der Waals surface area contributed by atoms with Crippen LogP contribution in [0.25, 0.3) is 0 Å². The molecule has 1 N–H and O–H groups in total. The van der Waals surface area contributed by atoms with Gasteiger partial charge in [-0.05, 0) is 32.3 Å². The van der Waals surface area contributed by atoms with Gasteiger partial charge in [-0.1, -0.05) is 13.8 Å². The summed E-state index contributed by atoms with van der Waals surface area (Å²) in [6.07, 6.45) is 1.67. The number of nitrogens with one attached hydrogen (secondary N) is 1. The van der Waals surface area contributed by atoms with E-state index in [1.54, 1.807) is 13.8 Å². The predicted octanol–water partition coefficient (Wildman–Crippen LogP) is 1.04. The fourth-order valence-corrected chi connectivity index (χ4v) is 1.91. The molecule has 1 heterocycles. The molecule has 0 bridgehead atoms. The second-order valence-corrected chi connectivity index (χ2v) is 4.74. The molecule has 108 valence electrons.